The molecule has 0 saturated heterocycles. The normalized spacial score (nSPS) is 12.3. The quantitative estimate of drug-likeness (QED) is 0.804. The lowest BCUT2D eigenvalue weighted by atomic mass is 10.1. The van der Waals surface area contributed by atoms with Crippen LogP contribution in [0.1, 0.15) is 11.7 Å². The SMILES string of the molecule is COc1c(C(O)C(=O)O)cc(F)c(Cl)c1F. The second-order valence-electron chi connectivity index (χ2n) is 2.85. The molecule has 88 valence electrons. The van der Waals surface area contributed by atoms with Crippen LogP contribution >= 0.6 is 11.6 Å². The Kier molecular flexibility index (Phi) is 3.66. The largest absolute Gasteiger partial charge is 0.493 e. The first-order chi connectivity index (χ1) is 7.40. The lowest BCUT2D eigenvalue weighted by Gasteiger charge is -2.13. The number of aliphatic hydroxyl groups is 1. The monoisotopic (exact) mass is 252 g/mol. The van der Waals surface area contributed by atoms with E-state index in [2.05, 4.69) is 4.74 Å². The number of ether oxygens (including phenoxy) is 1. The molecule has 0 aliphatic carbocycles. The minimum Gasteiger partial charge on any atom is -0.493 e. The number of aliphatic carboxylic acids is 1. The summed E-state index contributed by atoms with van der Waals surface area (Å²) in [7, 11) is 1.05. The first-order valence-electron chi connectivity index (χ1n) is 4.02. The van der Waals surface area contributed by atoms with Crippen molar-refractivity contribution >= 4 is 17.6 Å². The van der Waals surface area contributed by atoms with Crippen molar-refractivity contribution < 1.29 is 28.5 Å². The van der Waals surface area contributed by atoms with Gasteiger partial charge in [0.1, 0.15) is 10.8 Å². The second kappa shape index (κ2) is 4.63. The molecule has 1 atom stereocenters. The number of benzene rings is 1. The van der Waals surface area contributed by atoms with E-state index in [1.54, 1.807) is 0 Å². The van der Waals surface area contributed by atoms with Gasteiger partial charge in [-0.05, 0) is 6.07 Å². The molecule has 0 aromatic heterocycles. The summed E-state index contributed by atoms with van der Waals surface area (Å²) in [6.45, 7) is 0. The molecule has 0 radical (unpaired) electrons. The van der Waals surface area contributed by atoms with E-state index in [4.69, 9.17) is 16.7 Å². The third kappa shape index (κ3) is 2.07. The van der Waals surface area contributed by atoms with E-state index in [0.29, 0.717) is 6.07 Å². The number of rotatable bonds is 3. The summed E-state index contributed by atoms with van der Waals surface area (Å²) in [5.41, 5.74) is -0.533. The van der Waals surface area contributed by atoms with Gasteiger partial charge in [0.15, 0.2) is 17.7 Å². The summed E-state index contributed by atoms with van der Waals surface area (Å²) in [6.07, 6.45) is -2.09. The number of aliphatic hydroxyl groups excluding tert-OH is 1. The molecular formula is C9H7ClF2O4. The molecular weight excluding hydrogens is 246 g/mol. The molecule has 0 aliphatic rings. The van der Waals surface area contributed by atoms with E-state index >= 15 is 0 Å². The van der Waals surface area contributed by atoms with Crippen LogP contribution in [0.2, 0.25) is 5.02 Å². The molecule has 4 nitrogen and oxygen atoms in total. The number of hydrogen-bond acceptors (Lipinski definition) is 3. The lowest BCUT2D eigenvalue weighted by Crippen LogP contribution is -2.13. The van der Waals surface area contributed by atoms with E-state index in [9.17, 15) is 18.7 Å². The Morgan fingerprint density at radius 2 is 2.12 bits per heavy atom. The van der Waals surface area contributed by atoms with Crippen molar-refractivity contribution in [3.63, 3.8) is 0 Å². The minimum absolute atomic E-state index is 0.533. The van der Waals surface area contributed by atoms with E-state index in [1.807, 2.05) is 0 Å². The van der Waals surface area contributed by atoms with Crippen molar-refractivity contribution in [3.8, 4) is 5.75 Å². The Labute approximate surface area is 94.0 Å². The van der Waals surface area contributed by atoms with Crippen LogP contribution in [0.5, 0.6) is 5.75 Å². The van der Waals surface area contributed by atoms with Gasteiger partial charge in [0.05, 0.1) is 7.11 Å². The number of halogens is 3. The maximum Gasteiger partial charge on any atom is 0.337 e. The van der Waals surface area contributed by atoms with E-state index < -0.39 is 40.0 Å². The summed E-state index contributed by atoms with van der Waals surface area (Å²) in [5.74, 6) is -4.67. The standard InChI is InChI=1S/C9H7ClF2O4/c1-16-8-3(7(13)9(14)15)2-4(11)5(10)6(8)12/h2,7,13H,1H3,(H,14,15). The van der Waals surface area contributed by atoms with Gasteiger partial charge < -0.3 is 14.9 Å². The van der Waals surface area contributed by atoms with Crippen LogP contribution in [0, 0.1) is 11.6 Å². The van der Waals surface area contributed by atoms with Gasteiger partial charge in [0.25, 0.3) is 0 Å². The second-order valence-corrected chi connectivity index (χ2v) is 3.23. The van der Waals surface area contributed by atoms with Crippen molar-refractivity contribution in [2.24, 2.45) is 0 Å². The number of methoxy groups -OCH3 is 1. The lowest BCUT2D eigenvalue weighted by molar-refractivity contribution is -0.147. The topological polar surface area (TPSA) is 66.8 Å². The van der Waals surface area contributed by atoms with Gasteiger partial charge in [0.2, 0.25) is 0 Å². The Balaban J connectivity index is 3.44. The summed E-state index contributed by atoms with van der Waals surface area (Å²) in [6, 6.07) is 0.614. The number of carbonyl (C=O) groups is 1. The first kappa shape index (κ1) is 12.7. The van der Waals surface area contributed by atoms with Crippen LogP contribution in [0.4, 0.5) is 8.78 Å². The zero-order valence-electron chi connectivity index (χ0n) is 8.00. The smallest absolute Gasteiger partial charge is 0.337 e. The Hall–Kier alpha value is -1.40. The maximum atomic E-state index is 13.3. The summed E-state index contributed by atoms with van der Waals surface area (Å²) >= 11 is 5.26. The molecule has 0 bridgehead atoms. The third-order valence-corrected chi connectivity index (χ3v) is 2.23. The van der Waals surface area contributed by atoms with Crippen LogP contribution in [-0.2, 0) is 4.79 Å². The molecule has 0 amide bonds. The van der Waals surface area contributed by atoms with Crippen molar-refractivity contribution in [1.82, 2.24) is 0 Å². The molecule has 0 saturated carbocycles. The van der Waals surface area contributed by atoms with Gasteiger partial charge in [-0.1, -0.05) is 11.6 Å². The van der Waals surface area contributed by atoms with Crippen molar-refractivity contribution in [2.75, 3.05) is 7.11 Å². The predicted octanol–water partition coefficient (Wildman–Crippen LogP) is 1.74. The highest BCUT2D eigenvalue weighted by molar-refractivity contribution is 6.31. The Morgan fingerprint density at radius 3 is 2.56 bits per heavy atom. The summed E-state index contributed by atoms with van der Waals surface area (Å²) in [4.78, 5) is 10.5. The van der Waals surface area contributed by atoms with Gasteiger partial charge in [-0.15, -0.1) is 0 Å². The van der Waals surface area contributed by atoms with E-state index in [1.165, 1.54) is 0 Å². The summed E-state index contributed by atoms with van der Waals surface area (Å²) in [5, 5.41) is 16.9. The molecule has 1 rings (SSSR count). The zero-order chi connectivity index (χ0) is 12.5. The molecule has 7 heteroatoms. The van der Waals surface area contributed by atoms with Gasteiger partial charge in [0, 0.05) is 5.56 Å². The molecule has 0 aliphatic heterocycles. The van der Waals surface area contributed by atoms with Crippen LogP contribution in [-0.4, -0.2) is 23.3 Å². The first-order valence-corrected chi connectivity index (χ1v) is 4.40. The third-order valence-electron chi connectivity index (χ3n) is 1.88. The molecule has 16 heavy (non-hydrogen) atoms. The Bertz CT molecular complexity index is 436. The highest BCUT2D eigenvalue weighted by Crippen LogP contribution is 2.34. The fourth-order valence-corrected chi connectivity index (χ4v) is 1.28. The van der Waals surface area contributed by atoms with Crippen LogP contribution in [0.3, 0.4) is 0 Å². The van der Waals surface area contributed by atoms with E-state index in [-0.39, 0.29) is 0 Å². The zero-order valence-corrected chi connectivity index (χ0v) is 8.76. The number of carboxylic acids is 1. The maximum absolute atomic E-state index is 13.3. The highest BCUT2D eigenvalue weighted by Gasteiger charge is 2.26. The van der Waals surface area contributed by atoms with Crippen LogP contribution < -0.4 is 4.74 Å². The fourth-order valence-electron chi connectivity index (χ4n) is 1.14. The molecule has 2 N–H and O–H groups in total. The fraction of sp³-hybridized carbons (Fsp3) is 0.222. The minimum atomic E-state index is -2.09. The highest BCUT2D eigenvalue weighted by atomic mass is 35.5. The van der Waals surface area contributed by atoms with Crippen LogP contribution in [0.15, 0.2) is 6.07 Å². The van der Waals surface area contributed by atoms with E-state index in [0.717, 1.165) is 7.11 Å². The van der Waals surface area contributed by atoms with Crippen LogP contribution in [0.25, 0.3) is 0 Å². The van der Waals surface area contributed by atoms with Gasteiger partial charge in [-0.2, -0.15) is 0 Å². The molecule has 0 spiro atoms. The van der Waals surface area contributed by atoms with Crippen molar-refractivity contribution in [2.45, 2.75) is 6.10 Å². The van der Waals surface area contributed by atoms with Gasteiger partial charge in [-0.3, -0.25) is 0 Å². The van der Waals surface area contributed by atoms with Gasteiger partial charge >= 0.3 is 5.97 Å². The molecule has 1 unspecified atom stereocenters. The number of hydrogen-bond donors (Lipinski definition) is 2. The Morgan fingerprint density at radius 1 is 1.56 bits per heavy atom. The molecule has 1 aromatic carbocycles. The van der Waals surface area contributed by atoms with Gasteiger partial charge in [-0.25, -0.2) is 13.6 Å². The molecule has 0 fully saturated rings. The average Bonchev–Trinajstić information content (AvgIpc) is 2.24. The number of carboxylic acid groups (broad SMARTS) is 1. The molecule has 0 heterocycles. The average molecular weight is 253 g/mol. The van der Waals surface area contributed by atoms with Crippen molar-refractivity contribution in [3.05, 3.63) is 28.3 Å². The van der Waals surface area contributed by atoms with Crippen molar-refractivity contribution in [1.29, 1.82) is 0 Å². The molecule has 1 aromatic rings. The summed E-state index contributed by atoms with van der Waals surface area (Å²) < 4.78 is 30.9. The predicted molar refractivity (Wildman–Crippen MR) is 50.5 cm³/mol.